The highest BCUT2D eigenvalue weighted by Gasteiger charge is 2.23. The molecule has 0 aliphatic carbocycles. The number of nitrogens with two attached hydrogens (primary N) is 1. The number of anilines is 1. The van der Waals surface area contributed by atoms with Gasteiger partial charge in [0.15, 0.2) is 0 Å². The highest BCUT2D eigenvalue weighted by molar-refractivity contribution is 6.32. The summed E-state index contributed by atoms with van der Waals surface area (Å²) in [7, 11) is 1.54. The first kappa shape index (κ1) is 21.5. The van der Waals surface area contributed by atoms with Crippen LogP contribution in [0.2, 0.25) is 5.02 Å². The Kier molecular flexibility index (Phi) is 6.34. The third-order valence-corrected chi connectivity index (χ3v) is 6.28. The molecule has 2 heterocycles. The van der Waals surface area contributed by atoms with Gasteiger partial charge >= 0.3 is 5.97 Å². The molecule has 0 spiro atoms. The van der Waals surface area contributed by atoms with Crippen LogP contribution in [0.15, 0.2) is 30.3 Å². The first-order chi connectivity index (χ1) is 14.9. The number of benzene rings is 2. The summed E-state index contributed by atoms with van der Waals surface area (Å²) in [5.41, 5.74) is 9.88. The topological polar surface area (TPSA) is 85.1 Å². The molecule has 0 unspecified atom stereocenters. The maximum absolute atomic E-state index is 12.8. The number of ether oxygens (including phenoxy) is 2. The van der Waals surface area contributed by atoms with Crippen LogP contribution in [0.3, 0.4) is 0 Å². The number of fused-ring (bicyclic) bond motifs is 1. The summed E-state index contributed by atoms with van der Waals surface area (Å²) in [6, 6.07) is 9.28. The molecule has 7 nitrogen and oxygen atoms in total. The zero-order valence-corrected chi connectivity index (χ0v) is 18.3. The van der Waals surface area contributed by atoms with E-state index in [0.717, 1.165) is 37.2 Å². The number of cyclic esters (lactones) is 1. The summed E-state index contributed by atoms with van der Waals surface area (Å²) in [6.45, 7) is 4.32. The van der Waals surface area contributed by atoms with E-state index in [0.29, 0.717) is 41.7 Å². The fourth-order valence-electron chi connectivity index (χ4n) is 4.05. The number of halogens is 1. The molecule has 1 fully saturated rings. The number of nitrogens with zero attached hydrogens (tertiary/aromatic N) is 2. The van der Waals surface area contributed by atoms with E-state index in [-0.39, 0.29) is 18.3 Å². The molecule has 8 heteroatoms. The molecule has 0 aromatic heterocycles. The highest BCUT2D eigenvalue weighted by atomic mass is 35.5. The number of amides is 1. The fraction of sp³-hybridized carbons (Fsp3) is 0.391. The Balaban J connectivity index is 1.27. The molecule has 0 bridgehead atoms. The van der Waals surface area contributed by atoms with E-state index in [1.807, 2.05) is 17.0 Å². The molecule has 1 saturated heterocycles. The molecule has 2 N–H and O–H groups in total. The van der Waals surface area contributed by atoms with Crippen LogP contribution in [0, 0.1) is 0 Å². The normalized spacial score (nSPS) is 16.2. The lowest BCUT2D eigenvalue weighted by atomic mass is 10.0. The van der Waals surface area contributed by atoms with Gasteiger partial charge in [0.25, 0.3) is 0 Å². The van der Waals surface area contributed by atoms with Gasteiger partial charge in [-0.05, 0) is 35.7 Å². The van der Waals surface area contributed by atoms with E-state index in [1.165, 1.54) is 5.56 Å². The third kappa shape index (κ3) is 4.78. The predicted molar refractivity (Wildman–Crippen MR) is 118 cm³/mol. The second-order valence-electron chi connectivity index (χ2n) is 7.90. The van der Waals surface area contributed by atoms with Crippen molar-refractivity contribution in [2.45, 2.75) is 19.4 Å². The number of methoxy groups -OCH3 is 1. The summed E-state index contributed by atoms with van der Waals surface area (Å²) in [5.74, 6) is 0.345. The molecular weight excluding hydrogens is 418 g/mol. The smallest absolute Gasteiger partial charge is 0.338 e. The number of piperazine rings is 1. The Bertz CT molecular complexity index is 1000. The van der Waals surface area contributed by atoms with Crippen LogP contribution in [0.5, 0.6) is 5.75 Å². The first-order valence-corrected chi connectivity index (χ1v) is 10.7. The molecule has 31 heavy (non-hydrogen) atoms. The molecule has 0 atom stereocenters. The maximum Gasteiger partial charge on any atom is 0.338 e. The Morgan fingerprint density at radius 1 is 1.19 bits per heavy atom. The number of nitrogen functional groups attached to an aromatic ring is 1. The molecule has 2 aromatic carbocycles. The van der Waals surface area contributed by atoms with Crippen molar-refractivity contribution in [3.8, 4) is 5.75 Å². The molecule has 0 radical (unpaired) electrons. The van der Waals surface area contributed by atoms with Crippen LogP contribution in [0.25, 0.3) is 0 Å². The van der Waals surface area contributed by atoms with Crippen LogP contribution in [0.1, 0.15) is 27.0 Å². The molecule has 164 valence electrons. The summed E-state index contributed by atoms with van der Waals surface area (Å²) in [4.78, 5) is 28.6. The van der Waals surface area contributed by atoms with E-state index in [1.54, 1.807) is 19.2 Å². The Morgan fingerprint density at radius 2 is 1.97 bits per heavy atom. The summed E-state index contributed by atoms with van der Waals surface area (Å²) in [6.07, 6.45) is 1.13. The van der Waals surface area contributed by atoms with Crippen LogP contribution >= 0.6 is 11.6 Å². The fourth-order valence-corrected chi connectivity index (χ4v) is 4.29. The largest absolute Gasteiger partial charge is 0.495 e. The van der Waals surface area contributed by atoms with Gasteiger partial charge in [-0.2, -0.15) is 0 Å². The van der Waals surface area contributed by atoms with Crippen molar-refractivity contribution in [2.75, 3.05) is 45.6 Å². The maximum atomic E-state index is 12.8. The second kappa shape index (κ2) is 9.16. The SMILES string of the molecule is COc1cc(CC(=O)N2CCN(CCc3ccc4c(c3)COC4=O)CC2)c(Cl)cc1N. The lowest BCUT2D eigenvalue weighted by Gasteiger charge is -2.35. The standard InChI is InChI=1S/C23H26ClN3O4/c1-30-21-11-16(19(24)13-20(21)25)12-22(28)27-8-6-26(7-9-27)5-4-15-2-3-18-17(10-15)14-31-23(18)29/h2-3,10-11,13H,4-9,12,14,25H2,1H3. The van der Waals surface area contributed by atoms with Crippen LogP contribution in [-0.2, 0) is 29.0 Å². The van der Waals surface area contributed by atoms with Gasteiger partial charge in [-0.15, -0.1) is 0 Å². The lowest BCUT2D eigenvalue weighted by Crippen LogP contribution is -2.49. The van der Waals surface area contributed by atoms with Crippen molar-refractivity contribution >= 4 is 29.2 Å². The molecule has 2 aliphatic heterocycles. The van der Waals surface area contributed by atoms with Crippen molar-refractivity contribution in [1.82, 2.24) is 9.80 Å². The number of rotatable bonds is 6. The Morgan fingerprint density at radius 3 is 2.71 bits per heavy atom. The zero-order valence-electron chi connectivity index (χ0n) is 17.5. The van der Waals surface area contributed by atoms with E-state index in [4.69, 9.17) is 26.8 Å². The number of esters is 1. The summed E-state index contributed by atoms with van der Waals surface area (Å²) >= 11 is 6.27. The molecule has 2 aromatic rings. The van der Waals surface area contributed by atoms with Crippen LogP contribution in [0.4, 0.5) is 5.69 Å². The molecular formula is C23H26ClN3O4. The second-order valence-corrected chi connectivity index (χ2v) is 8.31. The predicted octanol–water partition coefficient (Wildman–Crippen LogP) is 2.53. The van der Waals surface area contributed by atoms with Crippen molar-refractivity contribution in [3.63, 3.8) is 0 Å². The monoisotopic (exact) mass is 443 g/mol. The van der Waals surface area contributed by atoms with Gasteiger partial charge in [-0.3, -0.25) is 9.69 Å². The number of carbonyl (C=O) groups is 2. The van der Waals surface area contributed by atoms with Crippen molar-refractivity contribution in [1.29, 1.82) is 0 Å². The van der Waals surface area contributed by atoms with E-state index < -0.39 is 0 Å². The molecule has 2 aliphatic rings. The minimum Gasteiger partial charge on any atom is -0.495 e. The van der Waals surface area contributed by atoms with Gasteiger partial charge in [-0.1, -0.05) is 23.7 Å². The average molecular weight is 444 g/mol. The van der Waals surface area contributed by atoms with Gasteiger partial charge in [0.2, 0.25) is 5.91 Å². The average Bonchev–Trinajstić information content (AvgIpc) is 3.14. The van der Waals surface area contributed by atoms with Crippen molar-refractivity contribution < 1.29 is 19.1 Å². The third-order valence-electron chi connectivity index (χ3n) is 5.93. The number of hydrogen-bond donors (Lipinski definition) is 1. The highest BCUT2D eigenvalue weighted by Crippen LogP contribution is 2.29. The van der Waals surface area contributed by atoms with E-state index in [9.17, 15) is 9.59 Å². The van der Waals surface area contributed by atoms with Crippen LogP contribution in [-0.4, -0.2) is 61.5 Å². The van der Waals surface area contributed by atoms with Gasteiger partial charge in [0, 0.05) is 43.3 Å². The quantitative estimate of drug-likeness (QED) is 0.545. The first-order valence-electron chi connectivity index (χ1n) is 10.4. The van der Waals surface area contributed by atoms with Gasteiger partial charge in [-0.25, -0.2) is 4.79 Å². The number of carbonyl (C=O) groups excluding carboxylic acids is 2. The zero-order chi connectivity index (χ0) is 22.0. The van der Waals surface area contributed by atoms with Crippen LogP contribution < -0.4 is 10.5 Å². The summed E-state index contributed by atoms with van der Waals surface area (Å²) in [5, 5.41) is 0.478. The van der Waals surface area contributed by atoms with Crippen molar-refractivity contribution in [3.05, 3.63) is 57.6 Å². The van der Waals surface area contributed by atoms with Gasteiger partial charge < -0.3 is 20.1 Å². The van der Waals surface area contributed by atoms with Gasteiger partial charge in [0.05, 0.1) is 24.8 Å². The molecule has 1 amide bonds. The minimum absolute atomic E-state index is 0.0525. The van der Waals surface area contributed by atoms with E-state index in [2.05, 4.69) is 11.0 Å². The van der Waals surface area contributed by atoms with Gasteiger partial charge in [0.1, 0.15) is 12.4 Å². The molecule has 0 saturated carbocycles. The Hall–Kier alpha value is -2.77. The molecule has 4 rings (SSSR count). The van der Waals surface area contributed by atoms with E-state index >= 15 is 0 Å². The number of hydrogen-bond acceptors (Lipinski definition) is 6. The van der Waals surface area contributed by atoms with Crippen molar-refractivity contribution in [2.24, 2.45) is 0 Å². The Labute approximate surface area is 186 Å². The minimum atomic E-state index is -0.235. The summed E-state index contributed by atoms with van der Waals surface area (Å²) < 4.78 is 10.3. The lowest BCUT2D eigenvalue weighted by molar-refractivity contribution is -0.132.